The quantitative estimate of drug-likeness (QED) is 0.715. The van der Waals surface area contributed by atoms with Crippen molar-refractivity contribution in [1.29, 1.82) is 0 Å². The average Bonchev–Trinajstić information content (AvgIpc) is 2.33. The summed E-state index contributed by atoms with van der Waals surface area (Å²) in [5.74, 6) is 0. The molecule has 0 aromatic heterocycles. The van der Waals surface area contributed by atoms with Gasteiger partial charge in [-0.1, -0.05) is 50.3 Å². The third-order valence-corrected chi connectivity index (χ3v) is 3.21. The molecule has 0 radical (unpaired) electrons. The molecule has 0 aliphatic heterocycles. The maximum absolute atomic E-state index is 2.40. The van der Waals surface area contributed by atoms with E-state index in [1.807, 2.05) is 0 Å². The maximum Gasteiger partial charge on any atom is 0.0396 e. The highest BCUT2D eigenvalue weighted by molar-refractivity contribution is 5.63. The van der Waals surface area contributed by atoms with Crippen LogP contribution in [0.15, 0.2) is 36.4 Å². The lowest BCUT2D eigenvalue weighted by Crippen LogP contribution is -2.29. The van der Waals surface area contributed by atoms with Crippen LogP contribution in [0.25, 0.3) is 5.70 Å². The summed E-state index contributed by atoms with van der Waals surface area (Å²) in [4.78, 5) is 2.40. The Balaban J connectivity index is 2.92. The number of hydrogen-bond acceptors (Lipinski definition) is 1. The topological polar surface area (TPSA) is 3.24 Å². The SMILES string of the molecule is C/C=C(/c1ccccc1)N(C)C(CC)CC. The first-order valence-electron chi connectivity index (χ1n) is 6.19. The van der Waals surface area contributed by atoms with Crippen molar-refractivity contribution in [3.05, 3.63) is 42.0 Å². The van der Waals surface area contributed by atoms with E-state index in [4.69, 9.17) is 0 Å². The van der Waals surface area contributed by atoms with Crippen LogP contribution in [0.2, 0.25) is 0 Å². The van der Waals surface area contributed by atoms with Gasteiger partial charge in [-0.2, -0.15) is 0 Å². The molecule has 88 valence electrons. The molecule has 0 fully saturated rings. The average molecular weight is 217 g/mol. The van der Waals surface area contributed by atoms with Crippen LogP contribution < -0.4 is 0 Å². The van der Waals surface area contributed by atoms with Crippen LogP contribution in [0.3, 0.4) is 0 Å². The van der Waals surface area contributed by atoms with Crippen LogP contribution in [-0.4, -0.2) is 18.0 Å². The van der Waals surface area contributed by atoms with Crippen molar-refractivity contribution in [1.82, 2.24) is 4.90 Å². The minimum absolute atomic E-state index is 0.631. The van der Waals surface area contributed by atoms with Gasteiger partial charge in [0.25, 0.3) is 0 Å². The van der Waals surface area contributed by atoms with Gasteiger partial charge in [0.15, 0.2) is 0 Å². The van der Waals surface area contributed by atoms with Gasteiger partial charge >= 0.3 is 0 Å². The summed E-state index contributed by atoms with van der Waals surface area (Å²) in [7, 11) is 2.19. The zero-order valence-corrected chi connectivity index (χ0v) is 10.9. The van der Waals surface area contributed by atoms with Gasteiger partial charge in [-0.3, -0.25) is 0 Å². The molecule has 1 rings (SSSR count). The first-order chi connectivity index (χ1) is 7.74. The van der Waals surface area contributed by atoms with Crippen LogP contribution in [0.1, 0.15) is 39.2 Å². The predicted molar refractivity (Wildman–Crippen MR) is 72.2 cm³/mol. The molecule has 0 heterocycles. The second-order valence-electron chi connectivity index (χ2n) is 4.12. The molecule has 0 spiro atoms. The summed E-state index contributed by atoms with van der Waals surface area (Å²) in [5.41, 5.74) is 2.63. The van der Waals surface area contributed by atoms with Crippen molar-refractivity contribution >= 4 is 5.70 Å². The largest absolute Gasteiger partial charge is 0.371 e. The monoisotopic (exact) mass is 217 g/mol. The summed E-state index contributed by atoms with van der Waals surface area (Å²) in [5, 5.41) is 0. The Morgan fingerprint density at radius 3 is 2.19 bits per heavy atom. The van der Waals surface area contributed by atoms with Gasteiger partial charge in [0.2, 0.25) is 0 Å². The van der Waals surface area contributed by atoms with Crippen molar-refractivity contribution in [2.45, 2.75) is 39.7 Å². The maximum atomic E-state index is 2.40. The Morgan fingerprint density at radius 1 is 1.19 bits per heavy atom. The van der Waals surface area contributed by atoms with Crippen molar-refractivity contribution in [2.24, 2.45) is 0 Å². The Morgan fingerprint density at radius 2 is 1.75 bits per heavy atom. The van der Waals surface area contributed by atoms with Gasteiger partial charge in [-0.25, -0.2) is 0 Å². The lowest BCUT2D eigenvalue weighted by atomic mass is 10.1. The molecule has 0 saturated heterocycles. The molecule has 0 unspecified atom stereocenters. The van der Waals surface area contributed by atoms with Crippen LogP contribution in [0.4, 0.5) is 0 Å². The van der Waals surface area contributed by atoms with Crippen LogP contribution in [0.5, 0.6) is 0 Å². The van der Waals surface area contributed by atoms with Gasteiger partial charge in [-0.15, -0.1) is 0 Å². The van der Waals surface area contributed by atoms with E-state index in [9.17, 15) is 0 Å². The zero-order valence-electron chi connectivity index (χ0n) is 10.9. The lowest BCUT2D eigenvalue weighted by Gasteiger charge is -2.31. The minimum atomic E-state index is 0.631. The summed E-state index contributed by atoms with van der Waals surface area (Å²) < 4.78 is 0. The van der Waals surface area contributed by atoms with E-state index in [-0.39, 0.29) is 0 Å². The highest BCUT2D eigenvalue weighted by Crippen LogP contribution is 2.22. The molecule has 0 N–H and O–H groups in total. The van der Waals surface area contributed by atoms with E-state index >= 15 is 0 Å². The second-order valence-corrected chi connectivity index (χ2v) is 4.12. The standard InChI is InChI=1S/C15H23N/c1-5-14(6-2)16(4)15(7-3)13-11-9-8-10-12-13/h7-12,14H,5-6H2,1-4H3/b15-7-. The van der Waals surface area contributed by atoms with Crippen molar-refractivity contribution in [2.75, 3.05) is 7.05 Å². The van der Waals surface area contributed by atoms with E-state index in [2.05, 4.69) is 69.1 Å². The van der Waals surface area contributed by atoms with E-state index in [1.54, 1.807) is 0 Å². The van der Waals surface area contributed by atoms with Crippen molar-refractivity contribution < 1.29 is 0 Å². The first-order valence-corrected chi connectivity index (χ1v) is 6.19. The van der Waals surface area contributed by atoms with Gasteiger partial charge < -0.3 is 4.90 Å². The van der Waals surface area contributed by atoms with Gasteiger partial charge in [0, 0.05) is 18.8 Å². The minimum Gasteiger partial charge on any atom is -0.371 e. The Labute approximate surface area is 99.8 Å². The molecule has 1 nitrogen and oxygen atoms in total. The smallest absolute Gasteiger partial charge is 0.0396 e. The Bertz CT molecular complexity index is 323. The van der Waals surface area contributed by atoms with E-state index in [1.165, 1.54) is 24.1 Å². The normalized spacial score (nSPS) is 11.9. The zero-order chi connectivity index (χ0) is 12.0. The molecular weight excluding hydrogens is 194 g/mol. The first kappa shape index (κ1) is 12.8. The van der Waals surface area contributed by atoms with Gasteiger partial charge in [0.05, 0.1) is 0 Å². The molecule has 0 aliphatic carbocycles. The second kappa shape index (κ2) is 6.37. The lowest BCUT2D eigenvalue weighted by molar-refractivity contribution is 0.328. The third kappa shape index (κ3) is 2.88. The number of allylic oxidation sites excluding steroid dienone is 1. The Kier molecular flexibility index (Phi) is 5.10. The number of rotatable bonds is 5. The van der Waals surface area contributed by atoms with E-state index < -0.39 is 0 Å². The summed E-state index contributed by atoms with van der Waals surface area (Å²) in [6.45, 7) is 6.62. The highest BCUT2D eigenvalue weighted by atomic mass is 15.1. The van der Waals surface area contributed by atoms with Crippen LogP contribution in [0, 0.1) is 0 Å². The number of nitrogens with zero attached hydrogens (tertiary/aromatic N) is 1. The molecule has 16 heavy (non-hydrogen) atoms. The van der Waals surface area contributed by atoms with E-state index in [0.717, 1.165) is 0 Å². The van der Waals surface area contributed by atoms with Crippen LogP contribution >= 0.6 is 0 Å². The van der Waals surface area contributed by atoms with Gasteiger partial charge in [-0.05, 0) is 25.3 Å². The van der Waals surface area contributed by atoms with Crippen molar-refractivity contribution in [3.8, 4) is 0 Å². The third-order valence-electron chi connectivity index (χ3n) is 3.21. The number of benzene rings is 1. The summed E-state index contributed by atoms with van der Waals surface area (Å²) in [6, 6.07) is 11.2. The molecule has 0 amide bonds. The van der Waals surface area contributed by atoms with E-state index in [0.29, 0.717) is 6.04 Å². The fourth-order valence-electron chi connectivity index (χ4n) is 2.22. The van der Waals surface area contributed by atoms with Crippen molar-refractivity contribution in [3.63, 3.8) is 0 Å². The molecule has 0 bridgehead atoms. The molecule has 1 aromatic rings. The molecule has 1 heteroatoms. The summed E-state index contributed by atoms with van der Waals surface area (Å²) >= 11 is 0. The summed E-state index contributed by atoms with van der Waals surface area (Å²) in [6.07, 6.45) is 4.59. The van der Waals surface area contributed by atoms with Gasteiger partial charge in [0.1, 0.15) is 0 Å². The fourth-order valence-corrected chi connectivity index (χ4v) is 2.22. The molecule has 0 saturated carbocycles. The molecular formula is C15H23N. The fraction of sp³-hybridized carbons (Fsp3) is 0.467. The Hall–Kier alpha value is -1.24. The number of hydrogen-bond donors (Lipinski definition) is 0. The van der Waals surface area contributed by atoms with Crippen LogP contribution in [-0.2, 0) is 0 Å². The predicted octanol–water partition coefficient (Wildman–Crippen LogP) is 4.17. The highest BCUT2D eigenvalue weighted by Gasteiger charge is 2.13. The molecule has 0 aliphatic rings. The molecule has 1 aromatic carbocycles. The molecule has 0 atom stereocenters.